The number of hydrogen-bond acceptors (Lipinski definition) is 4. The minimum Gasteiger partial charge on any atom is -0.399 e. The number of thiophene rings is 1. The van der Waals surface area contributed by atoms with Crippen molar-refractivity contribution in [2.75, 3.05) is 12.3 Å². The lowest BCUT2D eigenvalue weighted by molar-refractivity contribution is 0.392. The summed E-state index contributed by atoms with van der Waals surface area (Å²) in [5.74, 6) is 0. The second-order valence-corrected chi connectivity index (χ2v) is 7.66. The number of hydrogen-bond donors (Lipinski definition) is 1. The van der Waals surface area contributed by atoms with E-state index in [0.717, 1.165) is 12.0 Å². The van der Waals surface area contributed by atoms with Crippen LogP contribution in [-0.2, 0) is 23.0 Å². The summed E-state index contributed by atoms with van der Waals surface area (Å²) >= 11 is 1.25. The van der Waals surface area contributed by atoms with Crippen LogP contribution in [0.3, 0.4) is 0 Å². The monoisotopic (exact) mass is 294 g/mol. The van der Waals surface area contributed by atoms with E-state index in [1.165, 1.54) is 21.2 Å². The zero-order chi connectivity index (χ0) is 13.5. The molecule has 0 amide bonds. The Morgan fingerprint density at radius 2 is 2.05 bits per heavy atom. The minimum atomic E-state index is -3.36. The first kappa shape index (κ1) is 12.7. The Morgan fingerprint density at radius 3 is 2.79 bits per heavy atom. The number of nitrogen functional groups attached to an aromatic ring is 1. The molecule has 0 bridgehead atoms. The first-order valence-corrected chi connectivity index (χ1v) is 8.30. The first-order valence-electron chi connectivity index (χ1n) is 5.98. The van der Waals surface area contributed by atoms with Crippen LogP contribution in [0.25, 0.3) is 0 Å². The number of sulfonamides is 1. The molecule has 0 spiro atoms. The Labute approximate surface area is 116 Å². The van der Waals surface area contributed by atoms with Crippen LogP contribution < -0.4 is 5.73 Å². The van der Waals surface area contributed by atoms with Gasteiger partial charge in [0, 0.05) is 18.8 Å². The second-order valence-electron chi connectivity index (χ2n) is 4.55. The van der Waals surface area contributed by atoms with E-state index in [1.54, 1.807) is 17.5 Å². The van der Waals surface area contributed by atoms with Crippen molar-refractivity contribution in [3.05, 3.63) is 46.8 Å². The Morgan fingerprint density at radius 1 is 1.21 bits per heavy atom. The molecule has 6 heteroatoms. The molecule has 1 aliphatic rings. The highest BCUT2D eigenvalue weighted by atomic mass is 32.2. The molecule has 1 aliphatic heterocycles. The van der Waals surface area contributed by atoms with Crippen molar-refractivity contribution in [1.29, 1.82) is 0 Å². The lowest BCUT2D eigenvalue weighted by Gasteiger charge is -2.27. The molecule has 0 unspecified atom stereocenters. The van der Waals surface area contributed by atoms with E-state index in [4.69, 9.17) is 5.73 Å². The van der Waals surface area contributed by atoms with Crippen LogP contribution in [0.1, 0.15) is 11.1 Å². The number of benzene rings is 1. The number of fused-ring (bicyclic) bond motifs is 1. The lowest BCUT2D eigenvalue weighted by atomic mass is 10.0. The number of nitrogens with two attached hydrogens (primary N) is 1. The van der Waals surface area contributed by atoms with Crippen molar-refractivity contribution < 1.29 is 8.42 Å². The molecule has 1 aromatic heterocycles. The zero-order valence-corrected chi connectivity index (χ0v) is 11.9. The fourth-order valence-electron chi connectivity index (χ4n) is 2.29. The van der Waals surface area contributed by atoms with Crippen LogP contribution in [-0.4, -0.2) is 19.3 Å². The summed E-state index contributed by atoms with van der Waals surface area (Å²) in [5.41, 5.74) is 8.63. The van der Waals surface area contributed by atoms with Gasteiger partial charge in [0.05, 0.1) is 0 Å². The van der Waals surface area contributed by atoms with Gasteiger partial charge in [0.2, 0.25) is 0 Å². The average Bonchev–Trinajstić information content (AvgIpc) is 2.92. The molecule has 0 aliphatic carbocycles. The van der Waals surface area contributed by atoms with E-state index >= 15 is 0 Å². The van der Waals surface area contributed by atoms with Crippen LogP contribution >= 0.6 is 11.3 Å². The van der Waals surface area contributed by atoms with E-state index < -0.39 is 10.0 Å². The average molecular weight is 294 g/mol. The molecule has 0 saturated carbocycles. The Balaban J connectivity index is 1.94. The van der Waals surface area contributed by atoms with Gasteiger partial charge in [0.1, 0.15) is 4.21 Å². The fraction of sp³-hybridized carbons (Fsp3) is 0.231. The summed E-state index contributed by atoms with van der Waals surface area (Å²) in [6.45, 7) is 0.928. The Hall–Kier alpha value is -1.37. The van der Waals surface area contributed by atoms with Gasteiger partial charge in [-0.25, -0.2) is 8.42 Å². The van der Waals surface area contributed by atoms with E-state index in [9.17, 15) is 8.42 Å². The van der Waals surface area contributed by atoms with Crippen molar-refractivity contribution in [1.82, 2.24) is 4.31 Å². The molecule has 0 fully saturated rings. The molecule has 1 aromatic carbocycles. The molecule has 3 rings (SSSR count). The third-order valence-electron chi connectivity index (χ3n) is 3.30. The van der Waals surface area contributed by atoms with Crippen LogP contribution in [0.4, 0.5) is 5.69 Å². The Kier molecular flexibility index (Phi) is 3.08. The van der Waals surface area contributed by atoms with E-state index in [1.807, 2.05) is 18.2 Å². The minimum absolute atomic E-state index is 0.403. The largest absolute Gasteiger partial charge is 0.399 e. The molecule has 100 valence electrons. The molecular formula is C13H14N2O2S2. The third kappa shape index (κ3) is 2.27. The molecular weight excluding hydrogens is 280 g/mol. The van der Waals surface area contributed by atoms with Crippen LogP contribution in [0, 0.1) is 0 Å². The predicted octanol–water partition coefficient (Wildman–Crippen LogP) is 2.08. The van der Waals surface area contributed by atoms with Gasteiger partial charge in [-0.15, -0.1) is 11.3 Å². The molecule has 19 heavy (non-hydrogen) atoms. The predicted molar refractivity (Wildman–Crippen MR) is 76.5 cm³/mol. The van der Waals surface area contributed by atoms with Gasteiger partial charge in [-0.2, -0.15) is 4.31 Å². The van der Waals surface area contributed by atoms with Gasteiger partial charge in [0.25, 0.3) is 10.0 Å². The van der Waals surface area contributed by atoms with Gasteiger partial charge in [-0.1, -0.05) is 12.1 Å². The van der Waals surface area contributed by atoms with Crippen molar-refractivity contribution in [2.24, 2.45) is 0 Å². The van der Waals surface area contributed by atoms with Crippen LogP contribution in [0.5, 0.6) is 0 Å². The maximum absolute atomic E-state index is 12.4. The SMILES string of the molecule is Nc1ccc2c(c1)CN(S(=O)(=O)c1cccs1)CC2. The molecule has 2 heterocycles. The highest BCUT2D eigenvalue weighted by molar-refractivity contribution is 7.91. The van der Waals surface area contributed by atoms with Crippen molar-refractivity contribution in [2.45, 2.75) is 17.2 Å². The van der Waals surface area contributed by atoms with Gasteiger partial charge >= 0.3 is 0 Å². The molecule has 2 N–H and O–H groups in total. The summed E-state index contributed by atoms with van der Waals surface area (Å²) in [4.78, 5) is 0. The molecule has 0 saturated heterocycles. The summed E-state index contributed by atoms with van der Waals surface area (Å²) in [6.07, 6.45) is 0.736. The summed E-state index contributed by atoms with van der Waals surface area (Å²) < 4.78 is 26.8. The van der Waals surface area contributed by atoms with Crippen LogP contribution in [0.15, 0.2) is 39.9 Å². The highest BCUT2D eigenvalue weighted by Crippen LogP contribution is 2.28. The van der Waals surface area contributed by atoms with E-state index in [2.05, 4.69) is 0 Å². The maximum Gasteiger partial charge on any atom is 0.252 e. The van der Waals surface area contributed by atoms with E-state index in [-0.39, 0.29) is 0 Å². The molecule has 4 nitrogen and oxygen atoms in total. The van der Waals surface area contributed by atoms with Crippen LogP contribution in [0.2, 0.25) is 0 Å². The summed E-state index contributed by atoms with van der Waals surface area (Å²) in [6, 6.07) is 9.12. The maximum atomic E-state index is 12.4. The number of nitrogens with zero attached hydrogens (tertiary/aromatic N) is 1. The van der Waals surface area contributed by atoms with Crippen molar-refractivity contribution in [3.63, 3.8) is 0 Å². The van der Waals surface area contributed by atoms with Gasteiger partial charge in [-0.3, -0.25) is 0 Å². The number of anilines is 1. The smallest absolute Gasteiger partial charge is 0.252 e. The molecule has 0 atom stereocenters. The fourth-order valence-corrected chi connectivity index (χ4v) is 4.86. The third-order valence-corrected chi connectivity index (χ3v) is 6.51. The van der Waals surface area contributed by atoms with E-state index in [0.29, 0.717) is 23.0 Å². The molecule has 2 aromatic rings. The second kappa shape index (κ2) is 4.63. The van der Waals surface area contributed by atoms with Gasteiger partial charge < -0.3 is 5.73 Å². The quantitative estimate of drug-likeness (QED) is 0.863. The standard InChI is InChI=1S/C13H14N2O2S2/c14-12-4-3-10-5-6-15(9-11(10)8-12)19(16,17)13-2-1-7-18-13/h1-4,7-8H,5-6,9,14H2. The zero-order valence-electron chi connectivity index (χ0n) is 10.2. The summed E-state index contributed by atoms with van der Waals surface area (Å²) in [7, 11) is -3.36. The Bertz CT molecular complexity index is 693. The lowest BCUT2D eigenvalue weighted by Crippen LogP contribution is -2.35. The van der Waals surface area contributed by atoms with Crippen molar-refractivity contribution in [3.8, 4) is 0 Å². The number of rotatable bonds is 2. The topological polar surface area (TPSA) is 63.4 Å². The molecule has 0 radical (unpaired) electrons. The van der Waals surface area contributed by atoms with Crippen molar-refractivity contribution >= 4 is 27.0 Å². The van der Waals surface area contributed by atoms with Gasteiger partial charge in [-0.05, 0) is 41.1 Å². The first-order chi connectivity index (χ1) is 9.07. The normalized spacial score (nSPS) is 16.2. The summed E-state index contributed by atoms with van der Waals surface area (Å²) in [5, 5.41) is 1.78. The highest BCUT2D eigenvalue weighted by Gasteiger charge is 2.28. The van der Waals surface area contributed by atoms with Gasteiger partial charge in [0.15, 0.2) is 0 Å².